The molecule has 1 aromatic heterocycles. The average molecular weight is 392 g/mol. The van der Waals surface area contributed by atoms with E-state index in [9.17, 15) is 14.4 Å². The highest BCUT2D eigenvalue weighted by Gasteiger charge is 2.37. The molecule has 0 atom stereocenters. The second-order valence-electron chi connectivity index (χ2n) is 6.79. The van der Waals surface area contributed by atoms with Crippen molar-refractivity contribution in [1.29, 1.82) is 0 Å². The molecule has 0 bridgehead atoms. The first kappa shape index (κ1) is 18.7. The maximum absolute atomic E-state index is 12.9. The van der Waals surface area contributed by atoms with Crippen LogP contribution in [0.1, 0.15) is 18.4 Å². The van der Waals surface area contributed by atoms with Crippen LogP contribution in [0.15, 0.2) is 48.3 Å². The third kappa shape index (κ3) is 3.56. The van der Waals surface area contributed by atoms with Crippen molar-refractivity contribution in [3.63, 3.8) is 0 Å². The smallest absolute Gasteiger partial charge is 0.336 e. The van der Waals surface area contributed by atoms with Crippen molar-refractivity contribution in [3.05, 3.63) is 53.9 Å². The molecule has 29 heavy (non-hydrogen) atoms. The third-order valence-corrected chi connectivity index (χ3v) is 4.99. The van der Waals surface area contributed by atoms with Crippen LogP contribution in [0.4, 0.5) is 16.2 Å². The molecule has 2 aromatic rings. The van der Waals surface area contributed by atoms with Crippen molar-refractivity contribution in [2.45, 2.75) is 12.8 Å². The van der Waals surface area contributed by atoms with Crippen LogP contribution < -0.4 is 19.9 Å². The van der Waals surface area contributed by atoms with Crippen LogP contribution in [0.25, 0.3) is 6.08 Å². The number of urea groups is 1. The highest BCUT2D eigenvalue weighted by molar-refractivity contribution is 6.39. The van der Waals surface area contributed by atoms with Crippen LogP contribution in [0, 0.1) is 0 Å². The summed E-state index contributed by atoms with van der Waals surface area (Å²) in [5.74, 6) is -0.907. The molecular formula is C21H20N4O4. The fraction of sp³-hybridized carbons (Fsp3) is 0.238. The predicted molar refractivity (Wildman–Crippen MR) is 108 cm³/mol. The minimum absolute atomic E-state index is 0.152. The number of hydrogen-bond acceptors (Lipinski definition) is 6. The third-order valence-electron chi connectivity index (χ3n) is 4.99. The molecule has 0 unspecified atom stereocenters. The summed E-state index contributed by atoms with van der Waals surface area (Å²) in [6.07, 6.45) is 6.67. The van der Waals surface area contributed by atoms with Gasteiger partial charge in [0.25, 0.3) is 11.8 Å². The first-order valence-electron chi connectivity index (χ1n) is 9.33. The number of anilines is 2. The van der Waals surface area contributed by atoms with Gasteiger partial charge in [-0.2, -0.15) is 0 Å². The lowest BCUT2D eigenvalue weighted by atomic mass is 10.1. The Morgan fingerprint density at radius 2 is 1.90 bits per heavy atom. The van der Waals surface area contributed by atoms with Gasteiger partial charge in [0, 0.05) is 36.6 Å². The van der Waals surface area contributed by atoms with Gasteiger partial charge in [0.2, 0.25) is 0 Å². The summed E-state index contributed by atoms with van der Waals surface area (Å²) in [6.45, 7) is 1.99. The first-order valence-corrected chi connectivity index (χ1v) is 9.33. The number of barbiturate groups is 1. The molecule has 3 heterocycles. The minimum Gasteiger partial charge on any atom is -0.496 e. The van der Waals surface area contributed by atoms with Crippen LogP contribution >= 0.6 is 0 Å². The van der Waals surface area contributed by atoms with Crippen molar-refractivity contribution in [1.82, 2.24) is 10.3 Å². The Hall–Kier alpha value is -3.68. The second-order valence-corrected chi connectivity index (χ2v) is 6.79. The molecule has 8 heteroatoms. The molecule has 1 N–H and O–H groups in total. The zero-order valence-electron chi connectivity index (χ0n) is 15.9. The van der Waals surface area contributed by atoms with Crippen molar-refractivity contribution < 1.29 is 19.1 Å². The molecule has 2 aliphatic heterocycles. The Labute approximate surface area is 167 Å². The largest absolute Gasteiger partial charge is 0.496 e. The number of benzene rings is 1. The van der Waals surface area contributed by atoms with Crippen LogP contribution in [0.5, 0.6) is 5.75 Å². The number of imide groups is 2. The predicted octanol–water partition coefficient (Wildman–Crippen LogP) is 2.36. The summed E-state index contributed by atoms with van der Waals surface area (Å²) in [7, 11) is 1.54. The number of carbonyl (C=O) groups excluding carboxylic acids is 3. The van der Waals surface area contributed by atoms with Crippen LogP contribution in [-0.2, 0) is 9.59 Å². The highest BCUT2D eigenvalue weighted by Crippen LogP contribution is 2.30. The summed E-state index contributed by atoms with van der Waals surface area (Å²) in [5.41, 5.74) is 1.74. The molecule has 1 aromatic carbocycles. The van der Waals surface area contributed by atoms with E-state index in [4.69, 9.17) is 4.74 Å². The fourth-order valence-corrected chi connectivity index (χ4v) is 3.52. The maximum atomic E-state index is 12.9. The molecule has 2 saturated heterocycles. The van der Waals surface area contributed by atoms with E-state index < -0.39 is 17.8 Å². The van der Waals surface area contributed by atoms with Crippen LogP contribution in [-0.4, -0.2) is 43.0 Å². The number of nitrogens with one attached hydrogen (secondary N) is 1. The molecule has 2 fully saturated rings. The molecule has 8 nitrogen and oxygen atoms in total. The quantitative estimate of drug-likeness (QED) is 0.634. The van der Waals surface area contributed by atoms with Gasteiger partial charge in [-0.1, -0.05) is 0 Å². The Morgan fingerprint density at radius 1 is 1.10 bits per heavy atom. The number of rotatable bonds is 4. The van der Waals surface area contributed by atoms with Gasteiger partial charge in [0.05, 0.1) is 19.0 Å². The van der Waals surface area contributed by atoms with Gasteiger partial charge in [-0.15, -0.1) is 0 Å². The molecule has 0 aliphatic carbocycles. The van der Waals surface area contributed by atoms with Crippen molar-refractivity contribution in [2.75, 3.05) is 30.0 Å². The molecule has 0 saturated carbocycles. The van der Waals surface area contributed by atoms with Gasteiger partial charge in [0.15, 0.2) is 0 Å². The number of carbonyl (C=O) groups is 3. The molecular weight excluding hydrogens is 372 g/mol. The lowest BCUT2D eigenvalue weighted by Gasteiger charge is -2.26. The maximum Gasteiger partial charge on any atom is 0.336 e. The van der Waals surface area contributed by atoms with E-state index >= 15 is 0 Å². The number of ether oxygens (including phenoxy) is 1. The van der Waals surface area contributed by atoms with E-state index in [0.29, 0.717) is 11.3 Å². The zero-order chi connectivity index (χ0) is 20.4. The summed E-state index contributed by atoms with van der Waals surface area (Å²) in [5, 5.41) is 2.20. The fourth-order valence-electron chi connectivity index (χ4n) is 3.52. The SMILES string of the molecule is COc1cc(N2CCCC2)ccc1C=C1C(=O)NC(=O)N(c2cccnc2)C1=O. The van der Waals surface area contributed by atoms with Gasteiger partial charge in [-0.05, 0) is 43.2 Å². The van der Waals surface area contributed by atoms with Gasteiger partial charge in [-0.3, -0.25) is 19.9 Å². The number of amides is 4. The molecule has 2 aliphatic rings. The molecule has 0 radical (unpaired) electrons. The molecule has 0 spiro atoms. The normalized spacial score (nSPS) is 18.4. The van der Waals surface area contributed by atoms with Crippen molar-refractivity contribution >= 4 is 35.3 Å². The lowest BCUT2D eigenvalue weighted by molar-refractivity contribution is -0.122. The lowest BCUT2D eigenvalue weighted by Crippen LogP contribution is -2.54. The highest BCUT2D eigenvalue weighted by atomic mass is 16.5. The van der Waals surface area contributed by atoms with E-state index in [-0.39, 0.29) is 11.3 Å². The Balaban J connectivity index is 1.69. The monoisotopic (exact) mass is 392 g/mol. The number of methoxy groups -OCH3 is 1. The Kier molecular flexibility index (Phi) is 4.99. The molecule has 4 amide bonds. The summed E-state index contributed by atoms with van der Waals surface area (Å²) < 4.78 is 5.49. The topological polar surface area (TPSA) is 91.8 Å². The van der Waals surface area contributed by atoms with Gasteiger partial charge in [0.1, 0.15) is 11.3 Å². The second kappa shape index (κ2) is 7.75. The molecule has 148 valence electrons. The van der Waals surface area contributed by atoms with Gasteiger partial charge in [-0.25, -0.2) is 9.69 Å². The Bertz CT molecular complexity index is 997. The van der Waals surface area contributed by atoms with Crippen LogP contribution in [0.3, 0.4) is 0 Å². The first-order chi connectivity index (χ1) is 14.1. The van der Waals surface area contributed by atoms with E-state index in [1.54, 1.807) is 19.2 Å². The van der Waals surface area contributed by atoms with E-state index in [0.717, 1.165) is 36.5 Å². The van der Waals surface area contributed by atoms with E-state index in [2.05, 4.69) is 15.2 Å². The minimum atomic E-state index is -0.804. The van der Waals surface area contributed by atoms with Crippen LogP contribution in [0.2, 0.25) is 0 Å². The van der Waals surface area contributed by atoms with E-state index in [1.807, 2.05) is 18.2 Å². The summed E-state index contributed by atoms with van der Waals surface area (Å²) in [6, 6.07) is 8.02. The van der Waals surface area contributed by atoms with E-state index in [1.165, 1.54) is 18.5 Å². The number of pyridine rings is 1. The number of aromatic nitrogens is 1. The molecule has 4 rings (SSSR count). The van der Waals surface area contributed by atoms with Crippen molar-refractivity contribution in [3.8, 4) is 5.75 Å². The van der Waals surface area contributed by atoms with Crippen molar-refractivity contribution in [2.24, 2.45) is 0 Å². The zero-order valence-corrected chi connectivity index (χ0v) is 15.9. The summed E-state index contributed by atoms with van der Waals surface area (Å²) >= 11 is 0. The average Bonchev–Trinajstić information content (AvgIpc) is 3.26. The number of hydrogen-bond donors (Lipinski definition) is 1. The summed E-state index contributed by atoms with van der Waals surface area (Å²) in [4.78, 5) is 44.6. The van der Waals surface area contributed by atoms with Gasteiger partial charge >= 0.3 is 6.03 Å². The Morgan fingerprint density at radius 3 is 2.59 bits per heavy atom. The van der Waals surface area contributed by atoms with Gasteiger partial charge < -0.3 is 9.64 Å². The number of nitrogens with zero attached hydrogens (tertiary/aromatic N) is 3. The standard InChI is InChI=1S/C21H20N4O4/c1-29-18-12-15(24-9-2-3-10-24)7-6-14(18)11-17-19(26)23-21(28)25(20(17)27)16-5-4-8-22-13-16/h4-8,11-13H,2-3,9-10H2,1H3,(H,23,26,28).